The zero-order chi connectivity index (χ0) is 20.5. The van der Waals surface area contributed by atoms with Crippen molar-refractivity contribution >= 4 is 40.2 Å². The second kappa shape index (κ2) is 7.16. The highest BCUT2D eigenvalue weighted by molar-refractivity contribution is 6.37. The van der Waals surface area contributed by atoms with Crippen LogP contribution in [0.15, 0.2) is 66.7 Å². The highest BCUT2D eigenvalue weighted by Crippen LogP contribution is 2.38. The number of carbonyl (C=O) groups is 2. The lowest BCUT2D eigenvalue weighted by Gasteiger charge is -2.16. The molecule has 0 unspecified atom stereocenters. The second-order valence-corrected chi connectivity index (χ2v) is 6.84. The van der Waals surface area contributed by atoms with Crippen LogP contribution in [0.4, 0.5) is 17.1 Å². The summed E-state index contributed by atoms with van der Waals surface area (Å²) < 4.78 is 0. The van der Waals surface area contributed by atoms with Crippen LogP contribution in [-0.2, 0) is 4.79 Å². The molecule has 6 heteroatoms. The van der Waals surface area contributed by atoms with Gasteiger partial charge in [0.25, 0.3) is 5.91 Å². The number of benzene rings is 3. The summed E-state index contributed by atoms with van der Waals surface area (Å²) in [6.07, 6.45) is 0. The number of anilines is 3. The van der Waals surface area contributed by atoms with Gasteiger partial charge in [-0.25, -0.2) is 4.79 Å². The summed E-state index contributed by atoms with van der Waals surface area (Å²) in [5.41, 5.74) is 11.4. The summed E-state index contributed by atoms with van der Waals surface area (Å²) in [7, 11) is 0. The topological polar surface area (TPSA) is 104 Å². The van der Waals surface area contributed by atoms with Crippen molar-refractivity contribution in [2.75, 3.05) is 16.4 Å². The number of carbonyl (C=O) groups excluding carboxylic acids is 1. The van der Waals surface area contributed by atoms with Crippen molar-refractivity contribution in [1.29, 1.82) is 0 Å². The molecule has 0 radical (unpaired) electrons. The molecular weight excluding hydrogens is 366 g/mol. The summed E-state index contributed by atoms with van der Waals surface area (Å²) in [5.74, 6) is -1.20. The van der Waals surface area contributed by atoms with Crippen LogP contribution in [0.1, 0.15) is 27.0 Å². The van der Waals surface area contributed by atoms with Crippen molar-refractivity contribution in [1.82, 2.24) is 0 Å². The maximum absolute atomic E-state index is 12.8. The summed E-state index contributed by atoms with van der Waals surface area (Å²) in [4.78, 5) is 24.1. The lowest BCUT2D eigenvalue weighted by molar-refractivity contribution is -0.110. The molecule has 0 spiro atoms. The summed E-state index contributed by atoms with van der Waals surface area (Å²) in [6.45, 7) is 1.74. The molecule has 0 fully saturated rings. The first-order chi connectivity index (χ1) is 13.9. The Kier molecular flexibility index (Phi) is 4.52. The van der Waals surface area contributed by atoms with Crippen LogP contribution in [0.25, 0.3) is 11.3 Å². The number of nitrogen functional groups attached to an aromatic ring is 1. The van der Waals surface area contributed by atoms with Gasteiger partial charge in [-0.1, -0.05) is 30.3 Å². The number of aromatic carboxylic acids is 1. The van der Waals surface area contributed by atoms with E-state index in [4.69, 9.17) is 5.73 Å². The Morgan fingerprint density at radius 3 is 2.48 bits per heavy atom. The smallest absolute Gasteiger partial charge is 0.335 e. The number of hydrogen-bond donors (Lipinski definition) is 4. The number of aryl methyl sites for hydroxylation is 1. The third-order valence-corrected chi connectivity index (χ3v) is 4.83. The number of nitrogens with one attached hydrogen (secondary N) is 2. The van der Waals surface area contributed by atoms with Gasteiger partial charge in [0.05, 0.1) is 16.8 Å². The molecule has 6 nitrogen and oxygen atoms in total. The molecule has 0 bridgehead atoms. The molecule has 144 valence electrons. The Labute approximate surface area is 167 Å². The Balaban J connectivity index is 1.88. The predicted molar refractivity (Wildman–Crippen MR) is 115 cm³/mol. The van der Waals surface area contributed by atoms with E-state index in [1.54, 1.807) is 43.3 Å². The van der Waals surface area contributed by atoms with Crippen molar-refractivity contribution in [3.63, 3.8) is 0 Å². The maximum atomic E-state index is 12.8. The minimum absolute atomic E-state index is 0.226. The molecule has 1 aliphatic rings. The van der Waals surface area contributed by atoms with E-state index in [1.807, 2.05) is 30.3 Å². The SMILES string of the molecule is Cc1cc(N/C(=C2\C(=O)Nc3ccc(N)cc32)c2ccccc2)ccc1C(=O)O. The lowest BCUT2D eigenvalue weighted by Crippen LogP contribution is -2.10. The van der Waals surface area contributed by atoms with Crippen molar-refractivity contribution in [3.05, 3.63) is 89.0 Å². The van der Waals surface area contributed by atoms with Gasteiger partial charge in [-0.05, 0) is 54.4 Å². The van der Waals surface area contributed by atoms with Gasteiger partial charge in [0, 0.05) is 22.6 Å². The van der Waals surface area contributed by atoms with E-state index in [-0.39, 0.29) is 11.5 Å². The van der Waals surface area contributed by atoms with Gasteiger partial charge in [-0.15, -0.1) is 0 Å². The number of amides is 1. The molecule has 5 N–H and O–H groups in total. The van der Waals surface area contributed by atoms with E-state index < -0.39 is 5.97 Å². The van der Waals surface area contributed by atoms with Crippen molar-refractivity contribution in [3.8, 4) is 0 Å². The van der Waals surface area contributed by atoms with Crippen LogP contribution in [0.2, 0.25) is 0 Å². The standard InChI is InChI=1S/C23H19N3O3/c1-13-11-16(8-9-17(13)23(28)29)25-21(14-5-3-2-4-6-14)20-18-12-15(24)7-10-19(18)26-22(20)27/h2-12,25H,24H2,1H3,(H,26,27)(H,28,29)/b21-20-. The zero-order valence-electron chi connectivity index (χ0n) is 15.7. The normalized spacial score (nSPS) is 14.2. The average molecular weight is 385 g/mol. The first-order valence-electron chi connectivity index (χ1n) is 9.06. The lowest BCUT2D eigenvalue weighted by atomic mass is 9.99. The van der Waals surface area contributed by atoms with E-state index >= 15 is 0 Å². The minimum Gasteiger partial charge on any atom is -0.478 e. The van der Waals surface area contributed by atoms with Crippen LogP contribution < -0.4 is 16.4 Å². The van der Waals surface area contributed by atoms with Gasteiger partial charge >= 0.3 is 5.97 Å². The molecule has 4 rings (SSSR count). The number of carboxylic acid groups (broad SMARTS) is 1. The van der Waals surface area contributed by atoms with Crippen molar-refractivity contribution < 1.29 is 14.7 Å². The molecule has 1 aliphatic heterocycles. The van der Waals surface area contributed by atoms with Crippen LogP contribution in [0.5, 0.6) is 0 Å². The van der Waals surface area contributed by atoms with Crippen molar-refractivity contribution in [2.45, 2.75) is 6.92 Å². The van der Waals surface area contributed by atoms with Gasteiger partial charge in [-0.3, -0.25) is 4.79 Å². The average Bonchev–Trinajstić information content (AvgIpc) is 3.01. The number of rotatable bonds is 4. The monoisotopic (exact) mass is 385 g/mol. The summed E-state index contributed by atoms with van der Waals surface area (Å²) in [5, 5.41) is 15.5. The van der Waals surface area contributed by atoms with Gasteiger partial charge in [0.2, 0.25) is 0 Å². The Morgan fingerprint density at radius 1 is 1.03 bits per heavy atom. The third-order valence-electron chi connectivity index (χ3n) is 4.83. The predicted octanol–water partition coefficient (Wildman–Crippen LogP) is 4.21. The van der Waals surface area contributed by atoms with E-state index in [1.165, 1.54) is 0 Å². The fourth-order valence-corrected chi connectivity index (χ4v) is 3.44. The minimum atomic E-state index is -0.977. The largest absolute Gasteiger partial charge is 0.478 e. The zero-order valence-corrected chi connectivity index (χ0v) is 15.7. The van der Waals surface area contributed by atoms with E-state index in [9.17, 15) is 14.7 Å². The van der Waals surface area contributed by atoms with Gasteiger partial charge in [-0.2, -0.15) is 0 Å². The van der Waals surface area contributed by atoms with Gasteiger partial charge in [0.1, 0.15) is 0 Å². The molecule has 29 heavy (non-hydrogen) atoms. The summed E-state index contributed by atoms with van der Waals surface area (Å²) in [6, 6.07) is 19.8. The molecule has 0 atom stereocenters. The molecule has 1 heterocycles. The Morgan fingerprint density at radius 2 is 1.79 bits per heavy atom. The molecule has 3 aromatic rings. The quantitative estimate of drug-likeness (QED) is 0.398. The highest BCUT2D eigenvalue weighted by Gasteiger charge is 2.28. The fraction of sp³-hybridized carbons (Fsp3) is 0.0435. The molecular formula is C23H19N3O3. The van der Waals surface area contributed by atoms with Crippen LogP contribution in [-0.4, -0.2) is 17.0 Å². The highest BCUT2D eigenvalue weighted by atomic mass is 16.4. The Bertz CT molecular complexity index is 1170. The van der Waals surface area contributed by atoms with Crippen LogP contribution in [0, 0.1) is 6.92 Å². The van der Waals surface area contributed by atoms with Gasteiger partial charge in [0.15, 0.2) is 0 Å². The van der Waals surface area contributed by atoms with Crippen LogP contribution in [0.3, 0.4) is 0 Å². The second-order valence-electron chi connectivity index (χ2n) is 6.84. The number of nitrogens with two attached hydrogens (primary N) is 1. The van der Waals surface area contributed by atoms with Gasteiger partial charge < -0.3 is 21.5 Å². The van der Waals surface area contributed by atoms with E-state index in [2.05, 4.69) is 10.6 Å². The third kappa shape index (κ3) is 3.43. The summed E-state index contributed by atoms with van der Waals surface area (Å²) >= 11 is 0. The van der Waals surface area contributed by atoms with E-state index in [0.717, 1.165) is 11.1 Å². The molecule has 3 aromatic carbocycles. The molecule has 0 aromatic heterocycles. The van der Waals surface area contributed by atoms with E-state index in [0.29, 0.717) is 33.9 Å². The molecule has 0 saturated heterocycles. The number of fused-ring (bicyclic) bond motifs is 1. The van der Waals surface area contributed by atoms with Crippen molar-refractivity contribution in [2.24, 2.45) is 0 Å². The molecule has 0 saturated carbocycles. The molecule has 1 amide bonds. The first-order valence-corrected chi connectivity index (χ1v) is 9.06. The molecule has 0 aliphatic carbocycles. The van der Waals surface area contributed by atoms with Crippen LogP contribution >= 0.6 is 0 Å². The first kappa shape index (κ1) is 18.3. The number of hydrogen-bond acceptors (Lipinski definition) is 4. The Hall–Kier alpha value is -4.06. The maximum Gasteiger partial charge on any atom is 0.335 e. The number of carboxylic acids is 1. The fourth-order valence-electron chi connectivity index (χ4n) is 3.44.